The second-order valence-corrected chi connectivity index (χ2v) is 5.07. The van der Waals surface area contributed by atoms with E-state index < -0.39 is 12.1 Å². The zero-order valence-corrected chi connectivity index (χ0v) is 13.8. The summed E-state index contributed by atoms with van der Waals surface area (Å²) in [6, 6.07) is 8.91. The molecule has 0 radical (unpaired) electrons. The van der Waals surface area contributed by atoms with E-state index in [1.54, 1.807) is 19.9 Å². The Morgan fingerprint density at radius 3 is 2.61 bits per heavy atom. The molecule has 5 heteroatoms. The summed E-state index contributed by atoms with van der Waals surface area (Å²) in [4.78, 5) is 24.0. The highest BCUT2D eigenvalue weighted by Gasteiger charge is 2.22. The largest absolute Gasteiger partial charge is 0.466 e. The van der Waals surface area contributed by atoms with Crippen LogP contribution >= 0.6 is 0 Å². The Hall–Kier alpha value is -2.14. The minimum Gasteiger partial charge on any atom is -0.466 e. The van der Waals surface area contributed by atoms with Crippen molar-refractivity contribution in [2.24, 2.45) is 0 Å². The van der Waals surface area contributed by atoms with Crippen LogP contribution in [0.15, 0.2) is 43.0 Å². The van der Waals surface area contributed by atoms with Gasteiger partial charge in [-0.05, 0) is 25.8 Å². The van der Waals surface area contributed by atoms with Crippen molar-refractivity contribution in [2.45, 2.75) is 38.8 Å². The Morgan fingerprint density at radius 2 is 2.00 bits per heavy atom. The summed E-state index contributed by atoms with van der Waals surface area (Å²) in [5.74, 6) is -0.603. The number of ether oxygens (including phenoxy) is 2. The molecular weight excluding hydrogens is 294 g/mol. The van der Waals surface area contributed by atoms with Crippen molar-refractivity contribution in [2.75, 3.05) is 13.2 Å². The first-order valence-corrected chi connectivity index (χ1v) is 7.81. The molecule has 0 saturated carbocycles. The molecule has 1 amide bonds. The molecule has 5 nitrogen and oxygen atoms in total. The molecule has 0 aliphatic carbocycles. The predicted octanol–water partition coefficient (Wildman–Crippen LogP) is 2.78. The first-order chi connectivity index (χ1) is 11.1. The molecule has 126 valence electrons. The van der Waals surface area contributed by atoms with Crippen molar-refractivity contribution in [3.63, 3.8) is 0 Å². The van der Waals surface area contributed by atoms with Gasteiger partial charge in [-0.25, -0.2) is 0 Å². The first kappa shape index (κ1) is 18.9. The minimum absolute atomic E-state index is 0.0863. The average Bonchev–Trinajstić information content (AvgIpc) is 2.55. The van der Waals surface area contributed by atoms with Crippen LogP contribution in [0.3, 0.4) is 0 Å². The molecule has 0 aromatic heterocycles. The standard InChI is InChI=1S/C18H25NO4/c1-4-6-12-23-14(3)18(21)19-16(13-17(20)22-5-2)15-10-8-7-9-11-15/h4,7-11,14,16H,1,5-6,12-13H2,2-3H3,(H,19,21). The van der Waals surface area contributed by atoms with Gasteiger partial charge in [-0.15, -0.1) is 6.58 Å². The number of rotatable bonds is 10. The number of amides is 1. The normalized spacial score (nSPS) is 13.0. The third-order valence-corrected chi connectivity index (χ3v) is 3.25. The number of hydrogen-bond donors (Lipinski definition) is 1. The van der Waals surface area contributed by atoms with Gasteiger partial charge in [0.25, 0.3) is 0 Å². The van der Waals surface area contributed by atoms with Gasteiger partial charge < -0.3 is 14.8 Å². The van der Waals surface area contributed by atoms with E-state index in [0.717, 1.165) is 5.56 Å². The Kier molecular flexibility index (Phi) is 8.68. The van der Waals surface area contributed by atoms with Crippen molar-refractivity contribution in [3.8, 4) is 0 Å². The van der Waals surface area contributed by atoms with Crippen molar-refractivity contribution >= 4 is 11.9 Å². The molecule has 1 aromatic rings. The molecule has 0 saturated heterocycles. The highest BCUT2D eigenvalue weighted by molar-refractivity contribution is 5.81. The lowest BCUT2D eigenvalue weighted by Crippen LogP contribution is -2.38. The van der Waals surface area contributed by atoms with E-state index in [2.05, 4.69) is 11.9 Å². The Bertz CT molecular complexity index is 501. The van der Waals surface area contributed by atoms with Gasteiger partial charge in [-0.2, -0.15) is 0 Å². The van der Waals surface area contributed by atoms with Crippen molar-refractivity contribution < 1.29 is 19.1 Å². The molecule has 1 rings (SSSR count). The van der Waals surface area contributed by atoms with Crippen molar-refractivity contribution in [1.29, 1.82) is 0 Å². The van der Waals surface area contributed by atoms with E-state index in [-0.39, 0.29) is 18.3 Å². The maximum atomic E-state index is 12.2. The van der Waals surface area contributed by atoms with E-state index in [1.165, 1.54) is 0 Å². The summed E-state index contributed by atoms with van der Waals surface area (Å²) in [5.41, 5.74) is 0.854. The van der Waals surface area contributed by atoms with Gasteiger partial charge in [0.15, 0.2) is 0 Å². The number of carbonyl (C=O) groups excluding carboxylic acids is 2. The summed E-state index contributed by atoms with van der Waals surface area (Å²) in [6.07, 6.45) is 1.91. The van der Waals surface area contributed by atoms with Crippen LogP contribution in [-0.4, -0.2) is 31.2 Å². The van der Waals surface area contributed by atoms with Gasteiger partial charge in [-0.1, -0.05) is 36.4 Å². The van der Waals surface area contributed by atoms with Gasteiger partial charge in [0.2, 0.25) is 5.91 Å². The molecule has 0 fully saturated rings. The van der Waals surface area contributed by atoms with Gasteiger partial charge in [0.05, 0.1) is 25.7 Å². The summed E-state index contributed by atoms with van der Waals surface area (Å²) in [6.45, 7) is 7.80. The summed E-state index contributed by atoms with van der Waals surface area (Å²) in [5, 5.41) is 2.86. The number of carbonyl (C=O) groups is 2. The van der Waals surface area contributed by atoms with Crippen LogP contribution in [0.25, 0.3) is 0 Å². The molecule has 0 spiro atoms. The number of benzene rings is 1. The van der Waals surface area contributed by atoms with Crippen LogP contribution in [0.5, 0.6) is 0 Å². The number of esters is 1. The molecule has 1 N–H and O–H groups in total. The Morgan fingerprint density at radius 1 is 1.30 bits per heavy atom. The fraction of sp³-hybridized carbons (Fsp3) is 0.444. The highest BCUT2D eigenvalue weighted by Crippen LogP contribution is 2.17. The second-order valence-electron chi connectivity index (χ2n) is 5.07. The zero-order chi connectivity index (χ0) is 17.1. The Labute approximate surface area is 137 Å². The van der Waals surface area contributed by atoms with Crippen LogP contribution < -0.4 is 5.32 Å². The number of nitrogens with one attached hydrogen (secondary N) is 1. The Balaban J connectivity index is 2.70. The van der Waals surface area contributed by atoms with Crippen molar-refractivity contribution in [1.82, 2.24) is 5.32 Å². The zero-order valence-electron chi connectivity index (χ0n) is 13.8. The van der Waals surface area contributed by atoms with E-state index in [4.69, 9.17) is 9.47 Å². The van der Waals surface area contributed by atoms with E-state index in [1.807, 2.05) is 30.3 Å². The van der Waals surface area contributed by atoms with E-state index in [9.17, 15) is 9.59 Å². The van der Waals surface area contributed by atoms with E-state index >= 15 is 0 Å². The molecule has 0 aliphatic rings. The van der Waals surface area contributed by atoms with Crippen molar-refractivity contribution in [3.05, 3.63) is 48.6 Å². The van der Waals surface area contributed by atoms with Crippen LogP contribution in [-0.2, 0) is 19.1 Å². The lowest BCUT2D eigenvalue weighted by atomic mass is 10.0. The molecule has 23 heavy (non-hydrogen) atoms. The van der Waals surface area contributed by atoms with E-state index in [0.29, 0.717) is 19.6 Å². The van der Waals surface area contributed by atoms with Crippen LogP contribution in [0.4, 0.5) is 0 Å². The van der Waals surface area contributed by atoms with Crippen LogP contribution in [0.2, 0.25) is 0 Å². The van der Waals surface area contributed by atoms with Crippen LogP contribution in [0, 0.1) is 0 Å². The minimum atomic E-state index is -0.594. The second kappa shape index (κ2) is 10.6. The van der Waals surface area contributed by atoms with Gasteiger partial charge >= 0.3 is 5.97 Å². The SMILES string of the molecule is C=CCCOC(C)C(=O)NC(CC(=O)OCC)c1ccccc1. The predicted molar refractivity (Wildman–Crippen MR) is 88.8 cm³/mol. The molecule has 0 heterocycles. The fourth-order valence-corrected chi connectivity index (χ4v) is 2.02. The van der Waals surface area contributed by atoms with Crippen LogP contribution in [0.1, 0.15) is 38.3 Å². The first-order valence-electron chi connectivity index (χ1n) is 7.81. The average molecular weight is 319 g/mol. The molecule has 1 aromatic carbocycles. The number of hydrogen-bond acceptors (Lipinski definition) is 4. The molecule has 2 atom stereocenters. The summed E-state index contributed by atoms with van der Waals surface area (Å²) >= 11 is 0. The lowest BCUT2D eigenvalue weighted by Gasteiger charge is -2.21. The smallest absolute Gasteiger partial charge is 0.308 e. The maximum absolute atomic E-state index is 12.2. The topological polar surface area (TPSA) is 64.6 Å². The molecule has 0 aliphatic heterocycles. The summed E-state index contributed by atoms with van der Waals surface area (Å²) < 4.78 is 10.4. The third kappa shape index (κ3) is 7.10. The molecular formula is C18H25NO4. The maximum Gasteiger partial charge on any atom is 0.308 e. The summed E-state index contributed by atoms with van der Waals surface area (Å²) in [7, 11) is 0. The van der Waals surface area contributed by atoms with Gasteiger partial charge in [0, 0.05) is 0 Å². The highest BCUT2D eigenvalue weighted by atomic mass is 16.5. The van der Waals surface area contributed by atoms with Gasteiger partial charge in [0.1, 0.15) is 6.10 Å². The fourth-order valence-electron chi connectivity index (χ4n) is 2.02. The van der Waals surface area contributed by atoms with Gasteiger partial charge in [-0.3, -0.25) is 9.59 Å². The quantitative estimate of drug-likeness (QED) is 0.409. The lowest BCUT2D eigenvalue weighted by molar-refractivity contribution is -0.144. The monoisotopic (exact) mass is 319 g/mol. The third-order valence-electron chi connectivity index (χ3n) is 3.25. The molecule has 2 unspecified atom stereocenters. The molecule has 0 bridgehead atoms.